The summed E-state index contributed by atoms with van der Waals surface area (Å²) in [6.45, 7) is 0. The maximum Gasteiger partial charge on any atom is 0.334 e. The highest BCUT2D eigenvalue weighted by molar-refractivity contribution is 8.14. The average molecular weight is 273 g/mol. The van der Waals surface area contributed by atoms with E-state index in [1.165, 1.54) is 0 Å². The Kier molecular flexibility index (Phi) is 4.23. The molecule has 0 aromatic carbocycles. The first-order valence-electron chi connectivity index (χ1n) is 3.95. The zero-order chi connectivity index (χ0) is 13.0. The largest absolute Gasteiger partial charge is 0.378 e. The number of rotatable bonds is 3. The van der Waals surface area contributed by atoms with E-state index in [-0.39, 0.29) is 20.4 Å². The smallest absolute Gasteiger partial charge is 0.334 e. The van der Waals surface area contributed by atoms with Crippen molar-refractivity contribution in [1.82, 2.24) is 9.97 Å². The summed E-state index contributed by atoms with van der Waals surface area (Å²) in [7, 11) is 0. The number of thioether (sulfide) groups is 2. The molecule has 0 atom stereocenters. The Morgan fingerprint density at radius 2 is 1.65 bits per heavy atom. The topological polar surface area (TPSA) is 169 Å². The fourth-order valence-corrected chi connectivity index (χ4v) is 2.08. The molecule has 1 aromatic rings. The maximum absolute atomic E-state index is 10.9. The maximum atomic E-state index is 10.9. The van der Waals surface area contributed by atoms with Crippen LogP contribution in [0.2, 0.25) is 0 Å². The first kappa shape index (κ1) is 13.2. The fourth-order valence-electron chi connectivity index (χ4n) is 0.861. The number of amidine groups is 2. The van der Waals surface area contributed by atoms with Gasteiger partial charge in [0.05, 0.1) is 4.92 Å². The highest BCUT2D eigenvalue weighted by Crippen LogP contribution is 2.33. The lowest BCUT2D eigenvalue weighted by molar-refractivity contribution is -0.391. The van der Waals surface area contributed by atoms with E-state index in [0.29, 0.717) is 23.5 Å². The van der Waals surface area contributed by atoms with E-state index in [2.05, 4.69) is 9.97 Å². The molecule has 0 spiro atoms. The first-order valence-corrected chi connectivity index (χ1v) is 5.58. The summed E-state index contributed by atoms with van der Waals surface area (Å²) in [6.07, 6.45) is 1.09. The van der Waals surface area contributed by atoms with E-state index < -0.39 is 10.6 Å². The first-order chi connectivity index (χ1) is 7.91. The van der Waals surface area contributed by atoms with Crippen molar-refractivity contribution in [2.24, 2.45) is 11.5 Å². The molecule has 0 aliphatic rings. The van der Waals surface area contributed by atoms with Gasteiger partial charge in [-0.05, 0) is 23.5 Å². The molecule has 0 aliphatic heterocycles. The fraction of sp³-hybridized carbons (Fsp3) is 0. The zero-order valence-corrected chi connectivity index (χ0v) is 9.84. The summed E-state index contributed by atoms with van der Waals surface area (Å²) >= 11 is 1.28. The predicted molar refractivity (Wildman–Crippen MR) is 64.2 cm³/mol. The third-order valence-corrected chi connectivity index (χ3v) is 2.78. The summed E-state index contributed by atoms with van der Waals surface area (Å²) < 4.78 is 0. The van der Waals surface area contributed by atoms with Crippen molar-refractivity contribution >= 4 is 39.5 Å². The van der Waals surface area contributed by atoms with Crippen LogP contribution in [-0.4, -0.2) is 25.2 Å². The summed E-state index contributed by atoms with van der Waals surface area (Å²) in [5.74, 6) is 0. The van der Waals surface area contributed by atoms with Crippen molar-refractivity contribution in [3.63, 3.8) is 0 Å². The van der Waals surface area contributed by atoms with Gasteiger partial charge >= 0.3 is 5.69 Å². The van der Waals surface area contributed by atoms with E-state index >= 15 is 0 Å². The number of nitro groups is 1. The van der Waals surface area contributed by atoms with Gasteiger partial charge in [-0.15, -0.1) is 0 Å². The van der Waals surface area contributed by atoms with Crippen molar-refractivity contribution < 1.29 is 4.92 Å². The normalized spacial score (nSPS) is 9.88. The predicted octanol–water partition coefficient (Wildman–Crippen LogP) is 0.356. The van der Waals surface area contributed by atoms with Gasteiger partial charge in [0.2, 0.25) is 0 Å². The molecule has 1 heterocycles. The van der Waals surface area contributed by atoms with E-state index in [4.69, 9.17) is 22.3 Å². The van der Waals surface area contributed by atoms with Crippen LogP contribution < -0.4 is 11.5 Å². The lowest BCUT2D eigenvalue weighted by atomic mass is 10.5. The number of hydrogen-bond donors (Lipinski definition) is 4. The summed E-state index contributed by atoms with van der Waals surface area (Å²) in [5, 5.41) is 24.2. The van der Waals surface area contributed by atoms with Gasteiger partial charge in [-0.1, -0.05) is 0 Å². The summed E-state index contributed by atoms with van der Waals surface area (Å²) in [4.78, 5) is 17.5. The molecule has 1 rings (SSSR count). The van der Waals surface area contributed by atoms with E-state index in [9.17, 15) is 10.1 Å². The van der Waals surface area contributed by atoms with Gasteiger partial charge in [-0.25, -0.2) is 9.97 Å². The minimum absolute atomic E-state index is 0.0544. The molecule has 0 bridgehead atoms. The monoisotopic (exact) mass is 273 g/mol. The highest BCUT2D eigenvalue weighted by Gasteiger charge is 2.24. The number of nitrogens with one attached hydrogen (secondary N) is 2. The molecular weight excluding hydrogens is 266 g/mol. The molecule has 9 nitrogen and oxygen atoms in total. The molecule has 0 radical (unpaired) electrons. The van der Waals surface area contributed by atoms with Crippen LogP contribution in [0.3, 0.4) is 0 Å². The Balaban J connectivity index is 3.26. The molecule has 0 saturated heterocycles. The van der Waals surface area contributed by atoms with Gasteiger partial charge in [0.1, 0.15) is 6.33 Å². The molecule has 6 N–H and O–H groups in total. The van der Waals surface area contributed by atoms with Crippen LogP contribution >= 0.6 is 23.5 Å². The van der Waals surface area contributed by atoms with Crippen molar-refractivity contribution in [2.75, 3.05) is 0 Å². The quantitative estimate of drug-likeness (QED) is 0.153. The molecule has 11 heteroatoms. The minimum atomic E-state index is -0.698. The van der Waals surface area contributed by atoms with Crippen LogP contribution in [0, 0.1) is 20.9 Å². The third kappa shape index (κ3) is 3.57. The van der Waals surface area contributed by atoms with Crippen molar-refractivity contribution in [3.05, 3.63) is 16.4 Å². The molecule has 1 aromatic heterocycles. The molecule has 17 heavy (non-hydrogen) atoms. The van der Waals surface area contributed by atoms with Crippen molar-refractivity contribution in [1.29, 1.82) is 10.8 Å². The highest BCUT2D eigenvalue weighted by atomic mass is 32.2. The Labute approximate surface area is 104 Å². The van der Waals surface area contributed by atoms with Crippen LogP contribution in [0.4, 0.5) is 5.69 Å². The lowest BCUT2D eigenvalue weighted by Gasteiger charge is -2.03. The van der Waals surface area contributed by atoms with Crippen LogP contribution in [-0.2, 0) is 0 Å². The number of aromatic nitrogens is 2. The minimum Gasteiger partial charge on any atom is -0.378 e. The van der Waals surface area contributed by atoms with Gasteiger partial charge in [0, 0.05) is 0 Å². The van der Waals surface area contributed by atoms with Crippen LogP contribution in [0.25, 0.3) is 0 Å². The number of nitrogens with two attached hydrogens (primary N) is 2. The van der Waals surface area contributed by atoms with Crippen molar-refractivity contribution in [3.8, 4) is 0 Å². The summed E-state index contributed by atoms with van der Waals surface area (Å²) in [6, 6.07) is 0. The average Bonchev–Trinajstić information content (AvgIpc) is 2.14. The van der Waals surface area contributed by atoms with E-state index in [1.807, 2.05) is 0 Å². The molecule has 90 valence electrons. The number of nitrogens with zero attached hydrogens (tertiary/aromatic N) is 3. The van der Waals surface area contributed by atoms with Crippen molar-refractivity contribution in [2.45, 2.75) is 10.1 Å². The van der Waals surface area contributed by atoms with Crippen LogP contribution in [0.5, 0.6) is 0 Å². The van der Waals surface area contributed by atoms with Gasteiger partial charge in [0.15, 0.2) is 20.4 Å². The molecular formula is C6H7N7O2S2. The Bertz CT molecular complexity index is 457. The second-order valence-electron chi connectivity index (χ2n) is 2.52. The van der Waals surface area contributed by atoms with Gasteiger partial charge in [-0.2, -0.15) is 0 Å². The SMILES string of the molecule is N=C(N)Sc1ncnc(SC(=N)N)c1[N+](=O)[O-]. The van der Waals surface area contributed by atoms with Crippen LogP contribution in [0.15, 0.2) is 16.4 Å². The molecule has 0 amide bonds. The molecule has 0 fully saturated rings. The standard InChI is InChI=1S/C6H7N7O2S2/c7-5(8)16-3-2(13(14)15)4(12-1-11-3)17-6(9)10/h1H,(H3,7,8)(H3,9,10). The zero-order valence-electron chi connectivity index (χ0n) is 8.21. The lowest BCUT2D eigenvalue weighted by Crippen LogP contribution is -2.08. The molecule has 0 unspecified atom stereocenters. The second kappa shape index (κ2) is 5.45. The van der Waals surface area contributed by atoms with E-state index in [1.54, 1.807) is 0 Å². The van der Waals surface area contributed by atoms with Crippen LogP contribution in [0.1, 0.15) is 0 Å². The Hall–Kier alpha value is -1.88. The Morgan fingerprint density at radius 1 is 1.24 bits per heavy atom. The Morgan fingerprint density at radius 3 is 1.94 bits per heavy atom. The summed E-state index contributed by atoms with van der Waals surface area (Å²) in [5.41, 5.74) is 9.86. The van der Waals surface area contributed by atoms with Gasteiger partial charge < -0.3 is 11.5 Å². The molecule has 0 saturated carbocycles. The second-order valence-corrected chi connectivity index (χ2v) is 4.58. The van der Waals surface area contributed by atoms with E-state index in [0.717, 1.165) is 6.33 Å². The van der Waals surface area contributed by atoms with Gasteiger partial charge in [-0.3, -0.25) is 20.9 Å². The molecule has 0 aliphatic carbocycles. The number of hydrogen-bond acceptors (Lipinski definition) is 8. The third-order valence-electron chi connectivity index (χ3n) is 1.35. The van der Waals surface area contributed by atoms with Gasteiger partial charge in [0.25, 0.3) is 0 Å².